The number of phosphoric acid groups is 1. The third-order valence-electron chi connectivity index (χ3n) is 18.7. The van der Waals surface area contributed by atoms with Crippen LogP contribution in [0.5, 0.6) is 0 Å². The smallest absolute Gasteiger partial charge is 0.462 e. The summed E-state index contributed by atoms with van der Waals surface area (Å²) in [6.07, 6.45) is 114. The number of nitrogens with two attached hydrogens (primary N) is 1. The minimum atomic E-state index is -4.40. The molecule has 0 fully saturated rings. The molecule has 0 rings (SSSR count). The highest BCUT2D eigenvalue weighted by Gasteiger charge is 2.26. The minimum absolute atomic E-state index is 0.0525. The van der Waals surface area contributed by atoms with Gasteiger partial charge in [0.15, 0.2) is 6.10 Å². The zero-order valence-corrected chi connectivity index (χ0v) is 65.4. The van der Waals surface area contributed by atoms with Crippen LogP contribution in [0.25, 0.3) is 0 Å². The maximum absolute atomic E-state index is 12.8. The molecule has 98 heavy (non-hydrogen) atoms. The summed E-state index contributed by atoms with van der Waals surface area (Å²) in [5, 5.41) is 0. The Hall–Kier alpha value is -3.07. The summed E-state index contributed by atoms with van der Waals surface area (Å²) < 4.78 is 33.3. The molecule has 0 amide bonds. The Kier molecular flexibility index (Phi) is 80.3. The Labute approximate surface area is 607 Å². The van der Waals surface area contributed by atoms with Crippen molar-refractivity contribution in [1.82, 2.24) is 0 Å². The summed E-state index contributed by atoms with van der Waals surface area (Å²) in [5.41, 5.74) is 5.42. The third-order valence-corrected chi connectivity index (χ3v) is 19.7. The molecule has 3 N–H and O–H groups in total. The van der Waals surface area contributed by atoms with Crippen molar-refractivity contribution in [2.75, 3.05) is 26.4 Å². The molecular formula is C88H160NO8P. The highest BCUT2D eigenvalue weighted by molar-refractivity contribution is 7.47. The van der Waals surface area contributed by atoms with Crippen molar-refractivity contribution < 1.29 is 37.6 Å². The molecule has 0 saturated heterocycles. The quantitative estimate of drug-likeness (QED) is 0.0264. The van der Waals surface area contributed by atoms with Gasteiger partial charge in [-0.3, -0.25) is 18.6 Å². The van der Waals surface area contributed by atoms with Gasteiger partial charge in [-0.05, 0) is 77.0 Å². The Morgan fingerprint density at radius 2 is 0.561 bits per heavy atom. The molecule has 2 atom stereocenters. The zero-order valence-electron chi connectivity index (χ0n) is 64.5. The second-order valence-electron chi connectivity index (χ2n) is 28.3. The van der Waals surface area contributed by atoms with Crippen molar-refractivity contribution in [1.29, 1.82) is 0 Å². The molecule has 10 heteroatoms. The monoisotopic (exact) mass is 1390 g/mol. The van der Waals surface area contributed by atoms with Crippen LogP contribution in [-0.4, -0.2) is 49.3 Å². The van der Waals surface area contributed by atoms with E-state index in [0.29, 0.717) is 6.42 Å². The lowest BCUT2D eigenvalue weighted by Crippen LogP contribution is -2.29. The van der Waals surface area contributed by atoms with Crippen LogP contribution in [0.1, 0.15) is 418 Å². The molecule has 0 aliphatic heterocycles. The highest BCUT2D eigenvalue weighted by Crippen LogP contribution is 2.43. The van der Waals surface area contributed by atoms with E-state index >= 15 is 0 Å². The Balaban J connectivity index is 3.78. The molecule has 0 radical (unpaired) electrons. The maximum atomic E-state index is 12.8. The molecule has 9 nitrogen and oxygen atoms in total. The lowest BCUT2D eigenvalue weighted by molar-refractivity contribution is -0.161. The zero-order chi connectivity index (χ0) is 70.8. The van der Waals surface area contributed by atoms with Crippen molar-refractivity contribution >= 4 is 19.8 Å². The Morgan fingerprint density at radius 3 is 0.837 bits per heavy atom. The van der Waals surface area contributed by atoms with Gasteiger partial charge in [-0.25, -0.2) is 4.57 Å². The summed E-state index contributed by atoms with van der Waals surface area (Å²) >= 11 is 0. The standard InChI is InChI=1S/C88H160NO8P/c1-3-5-7-9-11-13-15-17-19-21-23-25-27-29-31-33-35-37-39-41-43-45-47-49-51-53-55-57-59-61-63-65-67-69-71-73-75-77-79-81-88(91)97-86(85-96-98(92,93)95-83-82-89)84-94-87(90)80-78-76-74-72-70-68-66-64-62-60-58-56-54-52-50-48-46-44-42-40-38-36-34-32-30-28-26-24-22-20-18-16-14-12-10-8-6-4-2/h5,7,11,13,17,19,23,25,29,31,35,37,41,43,47,49,86H,3-4,6,8-10,12,14-16,18,20-22,24,26-28,30,32-34,36,38-40,42,44-46,48,50-85,89H2,1-2H3,(H,92,93)/b7-5-,13-11-,19-17-,25-23-,31-29-,37-35-,43-41-,49-47-. The minimum Gasteiger partial charge on any atom is -0.462 e. The van der Waals surface area contributed by atoms with Gasteiger partial charge in [0.05, 0.1) is 13.2 Å². The van der Waals surface area contributed by atoms with Crippen LogP contribution in [0.15, 0.2) is 97.2 Å². The Bertz CT molecular complexity index is 1940. The third kappa shape index (κ3) is 81.9. The molecule has 0 bridgehead atoms. The predicted octanol–water partition coefficient (Wildman–Crippen LogP) is 28.6. The average molecular weight is 1390 g/mol. The first-order valence-corrected chi connectivity index (χ1v) is 43.7. The molecule has 0 heterocycles. The van der Waals surface area contributed by atoms with E-state index in [1.165, 1.54) is 295 Å². The number of rotatable bonds is 80. The molecule has 2 unspecified atom stereocenters. The first-order chi connectivity index (χ1) is 48.3. The van der Waals surface area contributed by atoms with Crippen LogP contribution in [0.3, 0.4) is 0 Å². The number of hydrogen-bond acceptors (Lipinski definition) is 8. The fraction of sp³-hybridized carbons (Fsp3) is 0.795. The fourth-order valence-electron chi connectivity index (χ4n) is 12.5. The number of esters is 2. The average Bonchev–Trinajstić information content (AvgIpc) is 1.28. The SMILES string of the molecule is CC/C=C\C/C=C\C/C=C\C/C=C\C/C=C\C/C=C\C/C=C\C/C=C\CCCCCCCCCCCCCCCCC(=O)OC(COC(=O)CCCCCCCCCCCCCCCCCCCCCCCCCCCCCCCCCCCCCCCC)COP(=O)(O)OCCN. The van der Waals surface area contributed by atoms with Gasteiger partial charge >= 0.3 is 19.8 Å². The van der Waals surface area contributed by atoms with E-state index < -0.39 is 26.5 Å². The van der Waals surface area contributed by atoms with E-state index in [0.717, 1.165) is 89.9 Å². The molecular weight excluding hydrogens is 1230 g/mol. The molecule has 0 spiro atoms. The summed E-state index contributed by atoms with van der Waals surface area (Å²) in [4.78, 5) is 35.5. The summed E-state index contributed by atoms with van der Waals surface area (Å²) in [7, 11) is -4.40. The molecule has 0 aromatic heterocycles. The van der Waals surface area contributed by atoms with E-state index in [9.17, 15) is 19.0 Å². The predicted molar refractivity (Wildman–Crippen MR) is 427 cm³/mol. The number of phosphoric ester groups is 1. The lowest BCUT2D eigenvalue weighted by atomic mass is 10.0. The van der Waals surface area contributed by atoms with Crippen LogP contribution in [-0.2, 0) is 32.7 Å². The first-order valence-electron chi connectivity index (χ1n) is 42.2. The van der Waals surface area contributed by atoms with Crippen molar-refractivity contribution in [2.45, 2.75) is 424 Å². The Morgan fingerprint density at radius 1 is 0.316 bits per heavy atom. The van der Waals surface area contributed by atoms with Crippen LogP contribution >= 0.6 is 7.82 Å². The molecule has 570 valence electrons. The molecule has 0 saturated carbocycles. The van der Waals surface area contributed by atoms with Crippen LogP contribution < -0.4 is 5.73 Å². The van der Waals surface area contributed by atoms with Gasteiger partial charge in [-0.2, -0.15) is 0 Å². The largest absolute Gasteiger partial charge is 0.472 e. The van der Waals surface area contributed by atoms with Gasteiger partial charge in [-0.15, -0.1) is 0 Å². The van der Waals surface area contributed by atoms with E-state index in [-0.39, 0.29) is 38.6 Å². The van der Waals surface area contributed by atoms with Gasteiger partial charge in [0.2, 0.25) is 0 Å². The summed E-state index contributed by atoms with van der Waals surface area (Å²) in [6.45, 7) is 3.69. The fourth-order valence-corrected chi connectivity index (χ4v) is 13.3. The normalized spacial score (nSPS) is 13.3. The van der Waals surface area contributed by atoms with Crippen LogP contribution in [0.2, 0.25) is 0 Å². The summed E-state index contributed by atoms with van der Waals surface area (Å²) in [5.74, 6) is -0.811. The first kappa shape index (κ1) is 94.9. The number of carbonyl (C=O) groups excluding carboxylic acids is 2. The second-order valence-corrected chi connectivity index (χ2v) is 29.8. The molecule has 0 aliphatic carbocycles. The summed E-state index contributed by atoms with van der Waals surface area (Å²) in [6, 6.07) is 0. The number of hydrogen-bond donors (Lipinski definition) is 2. The van der Waals surface area contributed by atoms with E-state index in [1.54, 1.807) is 0 Å². The number of unbranched alkanes of at least 4 members (excludes halogenated alkanes) is 51. The lowest BCUT2D eigenvalue weighted by Gasteiger charge is -2.19. The highest BCUT2D eigenvalue weighted by atomic mass is 31.2. The van der Waals surface area contributed by atoms with E-state index in [4.69, 9.17) is 24.3 Å². The van der Waals surface area contributed by atoms with Crippen LogP contribution in [0, 0.1) is 0 Å². The van der Waals surface area contributed by atoms with Crippen molar-refractivity contribution in [2.24, 2.45) is 5.73 Å². The van der Waals surface area contributed by atoms with Crippen LogP contribution in [0.4, 0.5) is 0 Å². The van der Waals surface area contributed by atoms with Gasteiger partial charge in [-0.1, -0.05) is 426 Å². The second kappa shape index (κ2) is 82.9. The van der Waals surface area contributed by atoms with Crippen molar-refractivity contribution in [3.05, 3.63) is 97.2 Å². The van der Waals surface area contributed by atoms with Gasteiger partial charge in [0.25, 0.3) is 0 Å². The molecule has 0 aromatic rings. The molecule has 0 aliphatic rings. The molecule has 0 aromatic carbocycles. The number of ether oxygens (including phenoxy) is 2. The number of allylic oxidation sites excluding steroid dienone is 16. The van der Waals surface area contributed by atoms with Crippen molar-refractivity contribution in [3.8, 4) is 0 Å². The van der Waals surface area contributed by atoms with Gasteiger partial charge < -0.3 is 20.1 Å². The number of carbonyl (C=O) groups is 2. The topological polar surface area (TPSA) is 134 Å². The van der Waals surface area contributed by atoms with E-state index in [2.05, 4.69) is 111 Å². The van der Waals surface area contributed by atoms with Gasteiger partial charge in [0.1, 0.15) is 6.61 Å². The maximum Gasteiger partial charge on any atom is 0.472 e. The van der Waals surface area contributed by atoms with Gasteiger partial charge in [0, 0.05) is 19.4 Å². The van der Waals surface area contributed by atoms with Crippen molar-refractivity contribution in [3.63, 3.8) is 0 Å². The van der Waals surface area contributed by atoms with E-state index in [1.807, 2.05) is 0 Å².